The van der Waals surface area contributed by atoms with Crippen LogP contribution in [0.3, 0.4) is 0 Å². The van der Waals surface area contributed by atoms with E-state index in [-0.39, 0.29) is 6.54 Å². The molecule has 16 heavy (non-hydrogen) atoms. The van der Waals surface area contributed by atoms with Crippen LogP contribution in [-0.2, 0) is 11.3 Å². The Bertz CT molecular complexity index is 340. The van der Waals surface area contributed by atoms with Crippen molar-refractivity contribution >= 4 is 17.3 Å². The largest absolute Gasteiger partial charge is 0.480 e. The maximum atomic E-state index is 10.4. The van der Waals surface area contributed by atoms with Gasteiger partial charge in [-0.2, -0.15) is 0 Å². The zero-order chi connectivity index (χ0) is 11.4. The van der Waals surface area contributed by atoms with Crippen molar-refractivity contribution in [3.8, 4) is 0 Å². The van der Waals surface area contributed by atoms with Gasteiger partial charge in [0.1, 0.15) is 0 Å². The minimum absolute atomic E-state index is 0.0670. The SMILES string of the molecule is O=C(O)CNC1CCN(Cc2cccs2)C1. The molecule has 2 N–H and O–H groups in total. The highest BCUT2D eigenvalue weighted by Gasteiger charge is 2.22. The van der Waals surface area contributed by atoms with E-state index in [4.69, 9.17) is 5.11 Å². The average molecular weight is 240 g/mol. The van der Waals surface area contributed by atoms with Crippen molar-refractivity contribution in [3.63, 3.8) is 0 Å². The van der Waals surface area contributed by atoms with Gasteiger partial charge < -0.3 is 10.4 Å². The summed E-state index contributed by atoms with van der Waals surface area (Å²) in [5, 5.41) is 13.7. The molecule has 0 aliphatic carbocycles. The third-order valence-electron chi connectivity index (χ3n) is 2.77. The molecule has 1 fully saturated rings. The zero-order valence-electron chi connectivity index (χ0n) is 9.06. The first kappa shape index (κ1) is 11.6. The van der Waals surface area contributed by atoms with E-state index in [1.165, 1.54) is 4.88 Å². The van der Waals surface area contributed by atoms with E-state index in [0.717, 1.165) is 26.1 Å². The van der Waals surface area contributed by atoms with Crippen molar-refractivity contribution in [3.05, 3.63) is 22.4 Å². The van der Waals surface area contributed by atoms with Crippen LogP contribution in [0, 0.1) is 0 Å². The highest BCUT2D eigenvalue weighted by Crippen LogP contribution is 2.16. The fourth-order valence-electron chi connectivity index (χ4n) is 2.00. The lowest BCUT2D eigenvalue weighted by molar-refractivity contribution is -0.136. The van der Waals surface area contributed by atoms with Gasteiger partial charge >= 0.3 is 5.97 Å². The second kappa shape index (κ2) is 5.43. The van der Waals surface area contributed by atoms with Crippen LogP contribution in [0.25, 0.3) is 0 Å². The lowest BCUT2D eigenvalue weighted by Crippen LogP contribution is -2.35. The molecule has 2 heterocycles. The van der Waals surface area contributed by atoms with Crippen LogP contribution in [0.15, 0.2) is 17.5 Å². The van der Waals surface area contributed by atoms with E-state index in [2.05, 4.69) is 27.7 Å². The van der Waals surface area contributed by atoms with Crippen LogP contribution in [0.1, 0.15) is 11.3 Å². The Kier molecular flexibility index (Phi) is 3.93. The van der Waals surface area contributed by atoms with E-state index >= 15 is 0 Å². The van der Waals surface area contributed by atoms with E-state index in [1.807, 2.05) is 0 Å². The van der Waals surface area contributed by atoms with Crippen LogP contribution < -0.4 is 5.32 Å². The van der Waals surface area contributed by atoms with Crippen LogP contribution >= 0.6 is 11.3 Å². The summed E-state index contributed by atoms with van der Waals surface area (Å²) in [6, 6.07) is 4.54. The van der Waals surface area contributed by atoms with E-state index in [0.29, 0.717) is 6.04 Å². The highest BCUT2D eigenvalue weighted by molar-refractivity contribution is 7.09. The lowest BCUT2D eigenvalue weighted by Gasteiger charge is -2.15. The van der Waals surface area contributed by atoms with Gasteiger partial charge in [-0.15, -0.1) is 11.3 Å². The molecule has 1 aliphatic rings. The topological polar surface area (TPSA) is 52.6 Å². The summed E-state index contributed by atoms with van der Waals surface area (Å²) < 4.78 is 0. The van der Waals surface area contributed by atoms with Gasteiger partial charge in [-0.05, 0) is 17.9 Å². The molecule has 5 heteroatoms. The Balaban J connectivity index is 1.73. The lowest BCUT2D eigenvalue weighted by atomic mass is 10.2. The van der Waals surface area contributed by atoms with Crippen LogP contribution in [0.2, 0.25) is 0 Å². The van der Waals surface area contributed by atoms with Crippen molar-refractivity contribution in [2.45, 2.75) is 19.0 Å². The smallest absolute Gasteiger partial charge is 0.317 e. The summed E-state index contributed by atoms with van der Waals surface area (Å²) in [5.74, 6) is -0.781. The quantitative estimate of drug-likeness (QED) is 0.806. The maximum absolute atomic E-state index is 10.4. The highest BCUT2D eigenvalue weighted by atomic mass is 32.1. The monoisotopic (exact) mass is 240 g/mol. The third-order valence-corrected chi connectivity index (χ3v) is 3.64. The van der Waals surface area contributed by atoms with Gasteiger partial charge in [0.25, 0.3) is 0 Å². The van der Waals surface area contributed by atoms with Crippen LogP contribution in [-0.4, -0.2) is 41.7 Å². The number of likely N-dealkylation sites (tertiary alicyclic amines) is 1. The molecule has 1 saturated heterocycles. The maximum Gasteiger partial charge on any atom is 0.317 e. The number of thiophene rings is 1. The fraction of sp³-hybridized carbons (Fsp3) is 0.545. The summed E-state index contributed by atoms with van der Waals surface area (Å²) >= 11 is 1.77. The van der Waals surface area contributed by atoms with Crippen LogP contribution in [0.4, 0.5) is 0 Å². The van der Waals surface area contributed by atoms with Gasteiger partial charge in [0, 0.05) is 30.6 Å². The molecule has 0 saturated carbocycles. The van der Waals surface area contributed by atoms with E-state index in [9.17, 15) is 4.79 Å². The zero-order valence-corrected chi connectivity index (χ0v) is 9.87. The molecular weight excluding hydrogens is 224 g/mol. The Morgan fingerprint density at radius 3 is 3.25 bits per heavy atom. The molecule has 0 amide bonds. The van der Waals surface area contributed by atoms with Gasteiger partial charge in [0.05, 0.1) is 6.54 Å². The Hall–Kier alpha value is -0.910. The number of nitrogens with one attached hydrogen (secondary N) is 1. The predicted molar refractivity (Wildman–Crippen MR) is 63.6 cm³/mol. The molecular formula is C11H16N2O2S. The molecule has 0 radical (unpaired) electrons. The van der Waals surface area contributed by atoms with Gasteiger partial charge in [-0.25, -0.2) is 0 Å². The molecule has 2 rings (SSSR count). The van der Waals surface area contributed by atoms with Gasteiger partial charge in [-0.1, -0.05) is 6.07 Å². The molecule has 0 aromatic carbocycles. The molecule has 0 spiro atoms. The standard InChI is InChI=1S/C11H16N2O2S/c14-11(15)6-12-9-3-4-13(7-9)8-10-2-1-5-16-10/h1-2,5,9,12H,3-4,6-8H2,(H,14,15). The summed E-state index contributed by atoms with van der Waals surface area (Å²) in [5.41, 5.74) is 0. The van der Waals surface area contributed by atoms with Crippen molar-refractivity contribution in [1.29, 1.82) is 0 Å². The minimum Gasteiger partial charge on any atom is -0.480 e. The number of hydrogen-bond donors (Lipinski definition) is 2. The summed E-state index contributed by atoms with van der Waals surface area (Å²) in [4.78, 5) is 14.2. The second-order valence-corrected chi connectivity index (χ2v) is 5.11. The number of rotatable bonds is 5. The summed E-state index contributed by atoms with van der Waals surface area (Å²) in [6.07, 6.45) is 1.04. The number of nitrogens with zero attached hydrogens (tertiary/aromatic N) is 1. The minimum atomic E-state index is -0.781. The third kappa shape index (κ3) is 3.30. The molecule has 1 unspecified atom stereocenters. The first-order chi connectivity index (χ1) is 7.74. The van der Waals surface area contributed by atoms with Crippen molar-refractivity contribution in [1.82, 2.24) is 10.2 Å². The molecule has 1 aliphatic heterocycles. The number of aliphatic carboxylic acids is 1. The Labute approximate surface area is 98.9 Å². The van der Waals surface area contributed by atoms with Crippen molar-refractivity contribution < 1.29 is 9.90 Å². The summed E-state index contributed by atoms with van der Waals surface area (Å²) in [7, 11) is 0. The van der Waals surface area contributed by atoms with E-state index in [1.54, 1.807) is 11.3 Å². The molecule has 1 aromatic rings. The molecule has 4 nitrogen and oxygen atoms in total. The molecule has 1 atom stereocenters. The van der Waals surface area contributed by atoms with Gasteiger partial charge in [0.2, 0.25) is 0 Å². The molecule has 0 bridgehead atoms. The summed E-state index contributed by atoms with van der Waals surface area (Å²) in [6.45, 7) is 3.06. The van der Waals surface area contributed by atoms with Gasteiger partial charge in [-0.3, -0.25) is 9.69 Å². The number of carboxylic acid groups (broad SMARTS) is 1. The number of carboxylic acids is 1. The van der Waals surface area contributed by atoms with E-state index < -0.39 is 5.97 Å². The molecule has 1 aromatic heterocycles. The Morgan fingerprint density at radius 1 is 1.69 bits per heavy atom. The van der Waals surface area contributed by atoms with Crippen molar-refractivity contribution in [2.75, 3.05) is 19.6 Å². The second-order valence-electron chi connectivity index (χ2n) is 4.07. The first-order valence-electron chi connectivity index (χ1n) is 5.44. The normalized spacial score (nSPS) is 21.4. The Morgan fingerprint density at radius 2 is 2.56 bits per heavy atom. The fourth-order valence-corrected chi connectivity index (χ4v) is 2.74. The van der Waals surface area contributed by atoms with Crippen molar-refractivity contribution in [2.24, 2.45) is 0 Å². The average Bonchev–Trinajstić information content (AvgIpc) is 2.87. The number of hydrogen-bond acceptors (Lipinski definition) is 4. The molecule has 88 valence electrons. The van der Waals surface area contributed by atoms with Gasteiger partial charge in [0.15, 0.2) is 0 Å². The first-order valence-corrected chi connectivity index (χ1v) is 6.32. The van der Waals surface area contributed by atoms with Crippen LogP contribution in [0.5, 0.6) is 0 Å². The number of carbonyl (C=O) groups is 1. The predicted octanol–water partition coefficient (Wildman–Crippen LogP) is 0.997.